The molecule has 22 heavy (non-hydrogen) atoms. The molecule has 0 aromatic rings. The first-order chi connectivity index (χ1) is 9.65. The molecule has 0 saturated carbocycles. The molecule has 1 aliphatic rings. The molecule has 2 atom stereocenters. The van der Waals surface area contributed by atoms with E-state index in [0.29, 0.717) is 12.5 Å². The SMILES string of the molecule is CC(NC(=O)CCCCCCN)C(C)N1CCOCC1.Cl.Cl. The number of rotatable bonds is 9. The Kier molecular flexibility index (Phi) is 16.0. The topological polar surface area (TPSA) is 67.6 Å². The van der Waals surface area contributed by atoms with E-state index in [0.717, 1.165) is 58.5 Å². The predicted octanol–water partition coefficient (Wildman–Crippen LogP) is 1.96. The second-order valence-corrected chi connectivity index (χ2v) is 5.70. The maximum absolute atomic E-state index is 11.9. The summed E-state index contributed by atoms with van der Waals surface area (Å²) in [6.45, 7) is 8.53. The van der Waals surface area contributed by atoms with E-state index in [1.807, 2.05) is 0 Å². The van der Waals surface area contributed by atoms with Gasteiger partial charge in [0.05, 0.1) is 13.2 Å². The van der Waals surface area contributed by atoms with Crippen LogP contribution in [-0.2, 0) is 9.53 Å². The Bertz CT molecular complexity index is 278. The molecule has 1 amide bonds. The lowest BCUT2D eigenvalue weighted by Gasteiger charge is -2.35. The number of unbranched alkanes of at least 4 members (excludes halogenated alkanes) is 3. The number of morpholine rings is 1. The van der Waals surface area contributed by atoms with Crippen LogP contribution in [0.15, 0.2) is 0 Å². The number of nitrogens with zero attached hydrogens (tertiary/aromatic N) is 1. The zero-order chi connectivity index (χ0) is 14.8. The Morgan fingerprint density at radius 2 is 1.73 bits per heavy atom. The van der Waals surface area contributed by atoms with Gasteiger partial charge in [0.25, 0.3) is 0 Å². The number of hydrogen-bond donors (Lipinski definition) is 2. The van der Waals surface area contributed by atoms with E-state index < -0.39 is 0 Å². The van der Waals surface area contributed by atoms with E-state index in [-0.39, 0.29) is 36.8 Å². The third-order valence-corrected chi connectivity index (χ3v) is 4.09. The summed E-state index contributed by atoms with van der Waals surface area (Å²) >= 11 is 0. The average Bonchev–Trinajstić information content (AvgIpc) is 2.47. The Balaban J connectivity index is 0. The van der Waals surface area contributed by atoms with Gasteiger partial charge in [-0.25, -0.2) is 0 Å². The predicted molar refractivity (Wildman–Crippen MR) is 96.1 cm³/mol. The summed E-state index contributed by atoms with van der Waals surface area (Å²) in [6, 6.07) is 0.546. The van der Waals surface area contributed by atoms with Crippen LogP contribution < -0.4 is 11.1 Å². The average molecular weight is 358 g/mol. The third-order valence-electron chi connectivity index (χ3n) is 4.09. The quantitative estimate of drug-likeness (QED) is 0.619. The fraction of sp³-hybridized carbons (Fsp3) is 0.933. The Hall–Kier alpha value is -0.0700. The molecule has 2 unspecified atom stereocenters. The van der Waals surface area contributed by atoms with Gasteiger partial charge in [0.15, 0.2) is 0 Å². The number of nitrogens with one attached hydrogen (secondary N) is 1. The second-order valence-electron chi connectivity index (χ2n) is 5.70. The molecule has 3 N–H and O–H groups in total. The van der Waals surface area contributed by atoms with E-state index in [2.05, 4.69) is 24.1 Å². The lowest BCUT2D eigenvalue weighted by atomic mass is 10.1. The molecule has 1 saturated heterocycles. The first-order valence-electron chi connectivity index (χ1n) is 7.96. The molecular formula is C15H33Cl2N3O2. The standard InChI is InChI=1S/C15H31N3O2.2ClH/c1-13(14(2)18-9-11-20-12-10-18)17-15(19)7-5-3-4-6-8-16;;/h13-14H,3-12,16H2,1-2H3,(H,17,19);2*1H. The zero-order valence-corrected chi connectivity index (χ0v) is 15.5. The fourth-order valence-corrected chi connectivity index (χ4v) is 2.53. The van der Waals surface area contributed by atoms with Gasteiger partial charge in [-0.2, -0.15) is 0 Å². The van der Waals surface area contributed by atoms with Gasteiger partial charge in [-0.05, 0) is 33.2 Å². The summed E-state index contributed by atoms with van der Waals surface area (Å²) in [7, 11) is 0. The number of nitrogens with two attached hydrogens (primary N) is 1. The Labute approximate surface area is 147 Å². The van der Waals surface area contributed by atoms with Crippen molar-refractivity contribution in [1.82, 2.24) is 10.2 Å². The van der Waals surface area contributed by atoms with Gasteiger partial charge in [-0.1, -0.05) is 12.8 Å². The van der Waals surface area contributed by atoms with Crippen molar-refractivity contribution >= 4 is 30.7 Å². The molecule has 1 fully saturated rings. The van der Waals surface area contributed by atoms with Crippen LogP contribution >= 0.6 is 24.8 Å². The minimum absolute atomic E-state index is 0. The molecule has 134 valence electrons. The Morgan fingerprint density at radius 1 is 1.14 bits per heavy atom. The van der Waals surface area contributed by atoms with Gasteiger partial charge in [0, 0.05) is 31.6 Å². The monoisotopic (exact) mass is 357 g/mol. The van der Waals surface area contributed by atoms with Crippen LogP contribution in [0, 0.1) is 0 Å². The minimum atomic E-state index is 0. The van der Waals surface area contributed by atoms with Crippen molar-refractivity contribution in [3.63, 3.8) is 0 Å². The molecule has 5 nitrogen and oxygen atoms in total. The summed E-state index contributed by atoms with van der Waals surface area (Å²) in [4.78, 5) is 14.3. The summed E-state index contributed by atoms with van der Waals surface area (Å²) in [5.41, 5.74) is 5.45. The van der Waals surface area contributed by atoms with Gasteiger partial charge in [-0.15, -0.1) is 24.8 Å². The lowest BCUT2D eigenvalue weighted by molar-refractivity contribution is -0.122. The second kappa shape index (κ2) is 14.5. The van der Waals surface area contributed by atoms with E-state index >= 15 is 0 Å². The van der Waals surface area contributed by atoms with E-state index in [1.165, 1.54) is 0 Å². The van der Waals surface area contributed by atoms with Crippen LogP contribution in [0.3, 0.4) is 0 Å². The van der Waals surface area contributed by atoms with Gasteiger partial charge in [0.2, 0.25) is 5.91 Å². The number of halogens is 2. The van der Waals surface area contributed by atoms with Crippen molar-refractivity contribution < 1.29 is 9.53 Å². The summed E-state index contributed by atoms with van der Waals surface area (Å²) < 4.78 is 5.36. The van der Waals surface area contributed by atoms with Gasteiger partial charge in [-0.3, -0.25) is 9.69 Å². The van der Waals surface area contributed by atoms with Gasteiger partial charge in [0.1, 0.15) is 0 Å². The number of hydrogen-bond acceptors (Lipinski definition) is 4. The molecular weight excluding hydrogens is 325 g/mol. The molecule has 0 aromatic heterocycles. The van der Waals surface area contributed by atoms with E-state index in [1.54, 1.807) is 0 Å². The van der Waals surface area contributed by atoms with Crippen LogP contribution in [0.4, 0.5) is 0 Å². The maximum atomic E-state index is 11.9. The molecule has 7 heteroatoms. The lowest BCUT2D eigenvalue weighted by Crippen LogP contribution is -2.52. The number of carbonyl (C=O) groups excluding carboxylic acids is 1. The van der Waals surface area contributed by atoms with Crippen molar-refractivity contribution in [3.8, 4) is 0 Å². The molecule has 1 rings (SSSR count). The highest BCUT2D eigenvalue weighted by Gasteiger charge is 2.22. The van der Waals surface area contributed by atoms with Crippen LogP contribution in [0.25, 0.3) is 0 Å². The van der Waals surface area contributed by atoms with Crippen molar-refractivity contribution in [2.75, 3.05) is 32.8 Å². The smallest absolute Gasteiger partial charge is 0.220 e. The summed E-state index contributed by atoms with van der Waals surface area (Å²) in [6.07, 6.45) is 4.88. The highest BCUT2D eigenvalue weighted by atomic mass is 35.5. The fourth-order valence-electron chi connectivity index (χ4n) is 2.53. The third kappa shape index (κ3) is 9.85. The maximum Gasteiger partial charge on any atom is 0.220 e. The molecule has 0 aromatic carbocycles. The molecule has 0 spiro atoms. The van der Waals surface area contributed by atoms with Crippen molar-refractivity contribution in [3.05, 3.63) is 0 Å². The minimum Gasteiger partial charge on any atom is -0.379 e. The van der Waals surface area contributed by atoms with Crippen LogP contribution in [0.1, 0.15) is 46.0 Å². The molecule has 1 aliphatic heterocycles. The van der Waals surface area contributed by atoms with Crippen molar-refractivity contribution in [2.45, 2.75) is 58.0 Å². The van der Waals surface area contributed by atoms with E-state index in [9.17, 15) is 4.79 Å². The molecule has 1 heterocycles. The summed E-state index contributed by atoms with van der Waals surface area (Å²) in [5, 5.41) is 3.12. The molecule has 0 bridgehead atoms. The first kappa shape index (κ1) is 24.2. The highest BCUT2D eigenvalue weighted by molar-refractivity contribution is 5.85. The zero-order valence-electron chi connectivity index (χ0n) is 13.9. The molecule has 0 radical (unpaired) electrons. The number of carbonyl (C=O) groups is 1. The van der Waals surface area contributed by atoms with E-state index in [4.69, 9.17) is 10.5 Å². The Morgan fingerprint density at radius 3 is 2.32 bits per heavy atom. The normalized spacial score (nSPS) is 17.8. The van der Waals surface area contributed by atoms with Crippen molar-refractivity contribution in [1.29, 1.82) is 0 Å². The van der Waals surface area contributed by atoms with Gasteiger partial charge >= 0.3 is 0 Å². The molecule has 0 aliphatic carbocycles. The largest absolute Gasteiger partial charge is 0.379 e. The number of amides is 1. The van der Waals surface area contributed by atoms with Crippen molar-refractivity contribution in [2.24, 2.45) is 5.73 Å². The first-order valence-corrected chi connectivity index (χ1v) is 7.96. The number of ether oxygens (including phenoxy) is 1. The van der Waals surface area contributed by atoms with Crippen LogP contribution in [-0.4, -0.2) is 55.7 Å². The van der Waals surface area contributed by atoms with Gasteiger partial charge < -0.3 is 15.8 Å². The summed E-state index contributed by atoms with van der Waals surface area (Å²) in [5.74, 6) is 0.172. The van der Waals surface area contributed by atoms with Crippen LogP contribution in [0.2, 0.25) is 0 Å². The van der Waals surface area contributed by atoms with Crippen LogP contribution in [0.5, 0.6) is 0 Å². The highest BCUT2D eigenvalue weighted by Crippen LogP contribution is 2.08.